The summed E-state index contributed by atoms with van der Waals surface area (Å²) < 4.78 is 94.3. The standard InChI is InChI=1S/C15H23N3O3S.2C2HF3O2/c1-22(19,20)18-8-5-15(6-9-18)13-17(10-11-21-15)12-14-4-2-3-7-16-14;2*3-2(4,5)1(6)7/h2-4,7H,5-6,8-13H2,1H3;2*(H,6,7). The molecule has 1 aromatic heterocycles. The van der Waals surface area contributed by atoms with Crippen molar-refractivity contribution >= 4 is 22.0 Å². The van der Waals surface area contributed by atoms with E-state index < -0.39 is 34.3 Å². The summed E-state index contributed by atoms with van der Waals surface area (Å²) in [4.78, 5) is 24.5. The van der Waals surface area contributed by atoms with Gasteiger partial charge < -0.3 is 14.9 Å². The van der Waals surface area contributed by atoms with Crippen LogP contribution >= 0.6 is 0 Å². The molecule has 10 nitrogen and oxygen atoms in total. The Morgan fingerprint density at radius 3 is 1.92 bits per heavy atom. The van der Waals surface area contributed by atoms with Gasteiger partial charge >= 0.3 is 24.3 Å². The third-order valence-corrected chi connectivity index (χ3v) is 6.33. The average Bonchev–Trinajstić information content (AvgIpc) is 2.74. The lowest BCUT2D eigenvalue weighted by atomic mass is 9.90. The number of carbonyl (C=O) groups is 2. The third-order valence-electron chi connectivity index (χ3n) is 5.03. The molecule has 0 amide bonds. The molecule has 0 aliphatic carbocycles. The van der Waals surface area contributed by atoms with Gasteiger partial charge in [-0.2, -0.15) is 26.3 Å². The number of pyridine rings is 1. The number of rotatable bonds is 3. The largest absolute Gasteiger partial charge is 0.490 e. The molecule has 0 radical (unpaired) electrons. The van der Waals surface area contributed by atoms with E-state index in [0.29, 0.717) is 19.7 Å². The van der Waals surface area contributed by atoms with Crippen LogP contribution in [0.2, 0.25) is 0 Å². The molecule has 2 saturated heterocycles. The third kappa shape index (κ3) is 11.0. The zero-order chi connectivity index (χ0) is 27.8. The monoisotopic (exact) mass is 553 g/mol. The van der Waals surface area contributed by atoms with Crippen LogP contribution in [0, 0.1) is 0 Å². The average molecular weight is 553 g/mol. The van der Waals surface area contributed by atoms with Crippen LogP contribution in [0.5, 0.6) is 0 Å². The van der Waals surface area contributed by atoms with Crippen molar-refractivity contribution in [2.24, 2.45) is 0 Å². The Balaban J connectivity index is 0.000000383. The second kappa shape index (κ2) is 12.6. The number of ether oxygens (including phenoxy) is 1. The summed E-state index contributed by atoms with van der Waals surface area (Å²) in [6, 6.07) is 5.96. The molecule has 2 fully saturated rings. The van der Waals surface area contributed by atoms with Gasteiger partial charge in [-0.15, -0.1) is 0 Å². The van der Waals surface area contributed by atoms with Gasteiger partial charge in [0.2, 0.25) is 10.0 Å². The predicted octanol–water partition coefficient (Wildman–Crippen LogP) is 1.97. The minimum atomic E-state index is -5.08. The maximum atomic E-state index is 11.6. The highest BCUT2D eigenvalue weighted by atomic mass is 32.2. The van der Waals surface area contributed by atoms with E-state index in [-0.39, 0.29) is 5.60 Å². The van der Waals surface area contributed by atoms with Crippen LogP contribution in [-0.4, -0.2) is 102 Å². The van der Waals surface area contributed by atoms with Crippen molar-refractivity contribution in [3.63, 3.8) is 0 Å². The number of carboxylic acids is 2. The molecule has 36 heavy (non-hydrogen) atoms. The molecule has 0 atom stereocenters. The van der Waals surface area contributed by atoms with E-state index in [1.54, 1.807) is 4.31 Å². The number of alkyl halides is 6. The van der Waals surface area contributed by atoms with Gasteiger partial charge in [0.1, 0.15) is 0 Å². The zero-order valence-electron chi connectivity index (χ0n) is 18.9. The quantitative estimate of drug-likeness (QED) is 0.539. The first-order valence-electron chi connectivity index (χ1n) is 10.2. The highest BCUT2D eigenvalue weighted by Gasteiger charge is 2.41. The van der Waals surface area contributed by atoms with Crippen LogP contribution in [0.25, 0.3) is 0 Å². The molecule has 2 aliphatic rings. The summed E-state index contributed by atoms with van der Waals surface area (Å²) in [6.45, 7) is 4.37. The Morgan fingerprint density at radius 1 is 1.03 bits per heavy atom. The Kier molecular flexibility index (Phi) is 11.1. The van der Waals surface area contributed by atoms with E-state index in [9.17, 15) is 34.8 Å². The molecular weight excluding hydrogens is 528 g/mol. The van der Waals surface area contributed by atoms with Crippen molar-refractivity contribution in [2.45, 2.75) is 37.3 Å². The summed E-state index contributed by atoms with van der Waals surface area (Å²) in [6.07, 6.45) is -5.55. The lowest BCUT2D eigenvalue weighted by molar-refractivity contribution is -0.193. The van der Waals surface area contributed by atoms with Crippen molar-refractivity contribution in [3.8, 4) is 0 Å². The van der Waals surface area contributed by atoms with Crippen molar-refractivity contribution in [1.29, 1.82) is 0 Å². The molecule has 2 N–H and O–H groups in total. The van der Waals surface area contributed by atoms with Gasteiger partial charge in [0.25, 0.3) is 0 Å². The van der Waals surface area contributed by atoms with E-state index in [4.69, 9.17) is 24.5 Å². The highest BCUT2D eigenvalue weighted by molar-refractivity contribution is 7.88. The van der Waals surface area contributed by atoms with Crippen molar-refractivity contribution in [3.05, 3.63) is 30.1 Å². The molecule has 17 heteroatoms. The smallest absolute Gasteiger partial charge is 0.475 e. The van der Waals surface area contributed by atoms with Crippen LogP contribution in [0.3, 0.4) is 0 Å². The first kappa shape index (κ1) is 31.5. The Bertz CT molecular complexity index is 942. The summed E-state index contributed by atoms with van der Waals surface area (Å²) in [7, 11) is -3.09. The Hall–Kier alpha value is -2.50. The van der Waals surface area contributed by atoms with Crippen LogP contribution in [-0.2, 0) is 30.9 Å². The van der Waals surface area contributed by atoms with E-state index >= 15 is 0 Å². The molecule has 2 aliphatic heterocycles. The molecule has 0 saturated carbocycles. The minimum Gasteiger partial charge on any atom is -0.475 e. The number of piperidine rings is 1. The van der Waals surface area contributed by atoms with Gasteiger partial charge in [0.15, 0.2) is 0 Å². The van der Waals surface area contributed by atoms with Crippen molar-refractivity contribution in [2.75, 3.05) is 39.0 Å². The number of morpholine rings is 1. The number of aromatic nitrogens is 1. The first-order chi connectivity index (χ1) is 16.4. The number of carboxylic acid groups (broad SMARTS) is 2. The number of hydrogen-bond donors (Lipinski definition) is 2. The lowest BCUT2D eigenvalue weighted by Crippen LogP contribution is -2.57. The molecule has 1 spiro atoms. The minimum absolute atomic E-state index is 0.200. The zero-order valence-corrected chi connectivity index (χ0v) is 19.7. The number of halogens is 6. The second-order valence-corrected chi connectivity index (χ2v) is 9.81. The summed E-state index contributed by atoms with van der Waals surface area (Å²) in [5, 5.41) is 14.2. The molecule has 0 bridgehead atoms. The van der Waals surface area contributed by atoms with Crippen LogP contribution < -0.4 is 0 Å². The van der Waals surface area contributed by atoms with E-state index in [1.807, 2.05) is 24.4 Å². The number of aliphatic carboxylic acids is 2. The Morgan fingerprint density at radius 2 is 1.53 bits per heavy atom. The summed E-state index contributed by atoms with van der Waals surface area (Å²) in [5.41, 5.74) is 0.863. The van der Waals surface area contributed by atoms with Gasteiger partial charge in [0.05, 0.1) is 24.2 Å². The highest BCUT2D eigenvalue weighted by Crippen LogP contribution is 2.31. The van der Waals surface area contributed by atoms with Gasteiger partial charge in [-0.3, -0.25) is 9.88 Å². The predicted molar refractivity (Wildman–Crippen MR) is 111 cm³/mol. The number of hydrogen-bond acceptors (Lipinski definition) is 7. The molecule has 206 valence electrons. The maximum absolute atomic E-state index is 11.6. The van der Waals surface area contributed by atoms with E-state index in [0.717, 1.165) is 38.2 Å². The van der Waals surface area contributed by atoms with E-state index in [2.05, 4.69) is 9.88 Å². The van der Waals surface area contributed by atoms with Gasteiger partial charge in [-0.25, -0.2) is 22.3 Å². The SMILES string of the molecule is CS(=O)(=O)N1CCC2(CC1)CN(Cc1ccccn1)CCO2.O=C(O)C(F)(F)F.O=C(O)C(F)(F)F. The summed E-state index contributed by atoms with van der Waals surface area (Å²) >= 11 is 0. The van der Waals surface area contributed by atoms with E-state index in [1.165, 1.54) is 6.26 Å². The fraction of sp³-hybridized carbons (Fsp3) is 0.632. The molecule has 0 unspecified atom stereocenters. The van der Waals surface area contributed by atoms with Crippen LogP contribution in [0.4, 0.5) is 26.3 Å². The molecule has 3 rings (SSSR count). The van der Waals surface area contributed by atoms with Gasteiger partial charge in [0, 0.05) is 38.9 Å². The normalized spacial score (nSPS) is 18.9. The topological polar surface area (TPSA) is 137 Å². The number of nitrogens with zero attached hydrogens (tertiary/aromatic N) is 3. The number of sulfonamides is 1. The van der Waals surface area contributed by atoms with Gasteiger partial charge in [-0.05, 0) is 25.0 Å². The van der Waals surface area contributed by atoms with Gasteiger partial charge in [-0.1, -0.05) is 6.07 Å². The maximum Gasteiger partial charge on any atom is 0.490 e. The molecular formula is C19H25F6N3O7S. The first-order valence-corrected chi connectivity index (χ1v) is 12.0. The fourth-order valence-electron chi connectivity index (χ4n) is 3.31. The molecule has 0 aromatic carbocycles. The van der Waals surface area contributed by atoms with Crippen molar-refractivity contribution in [1.82, 2.24) is 14.2 Å². The Labute approximate surface area is 202 Å². The van der Waals surface area contributed by atoms with Crippen LogP contribution in [0.15, 0.2) is 24.4 Å². The van der Waals surface area contributed by atoms with Crippen molar-refractivity contribution < 1.29 is 59.3 Å². The van der Waals surface area contributed by atoms with Crippen LogP contribution in [0.1, 0.15) is 18.5 Å². The summed E-state index contributed by atoms with van der Waals surface area (Å²) in [5.74, 6) is -5.51. The fourth-order valence-corrected chi connectivity index (χ4v) is 4.15. The molecule has 3 heterocycles. The molecule has 1 aromatic rings. The second-order valence-electron chi connectivity index (χ2n) is 7.83. The lowest BCUT2D eigenvalue weighted by Gasteiger charge is -2.46.